The standard InChI is InChI=1S/C15H13FN2OS2/c16-10-4-1-5-11-12(10)13(17)14(21-11)15(19)18-7-6-9-3-2-8-20-9/h1-5,8H,6-7,17H2,(H,18,19). The SMILES string of the molecule is Nc1c(C(=O)NCCc2cccs2)sc2cccc(F)c12. The van der Waals surface area contributed by atoms with E-state index in [1.165, 1.54) is 22.3 Å². The summed E-state index contributed by atoms with van der Waals surface area (Å²) in [5, 5.41) is 5.18. The van der Waals surface area contributed by atoms with Crippen molar-refractivity contribution in [3.05, 3.63) is 51.3 Å². The van der Waals surface area contributed by atoms with E-state index in [1.807, 2.05) is 17.5 Å². The number of halogens is 1. The number of hydrogen-bond acceptors (Lipinski definition) is 4. The quantitative estimate of drug-likeness (QED) is 0.771. The molecule has 3 rings (SSSR count). The Hall–Kier alpha value is -1.92. The fraction of sp³-hybridized carbons (Fsp3) is 0.133. The molecule has 0 saturated carbocycles. The van der Waals surface area contributed by atoms with Gasteiger partial charge in [0.05, 0.1) is 11.1 Å². The number of rotatable bonds is 4. The molecule has 0 atom stereocenters. The number of fused-ring (bicyclic) bond motifs is 1. The fourth-order valence-electron chi connectivity index (χ4n) is 2.13. The van der Waals surface area contributed by atoms with Crippen LogP contribution in [0.15, 0.2) is 35.7 Å². The van der Waals surface area contributed by atoms with Gasteiger partial charge < -0.3 is 11.1 Å². The molecule has 1 aromatic carbocycles. The molecule has 0 fully saturated rings. The molecule has 0 aliphatic heterocycles. The Labute approximate surface area is 129 Å². The number of carbonyl (C=O) groups is 1. The first-order valence-corrected chi connectivity index (χ1v) is 8.13. The number of nitrogen functional groups attached to an aromatic ring is 1. The molecule has 0 saturated heterocycles. The average Bonchev–Trinajstić information content (AvgIpc) is 3.08. The Morgan fingerprint density at radius 3 is 2.86 bits per heavy atom. The van der Waals surface area contributed by atoms with E-state index >= 15 is 0 Å². The van der Waals surface area contributed by atoms with Gasteiger partial charge >= 0.3 is 0 Å². The highest BCUT2D eigenvalue weighted by molar-refractivity contribution is 7.21. The molecule has 21 heavy (non-hydrogen) atoms. The molecule has 3 nitrogen and oxygen atoms in total. The minimum atomic E-state index is -0.390. The number of nitrogens with two attached hydrogens (primary N) is 1. The second kappa shape index (κ2) is 5.83. The van der Waals surface area contributed by atoms with Gasteiger partial charge in [0, 0.05) is 16.1 Å². The predicted octanol–water partition coefficient (Wildman–Crippen LogP) is 3.66. The van der Waals surface area contributed by atoms with Gasteiger partial charge in [-0.3, -0.25) is 4.79 Å². The molecule has 6 heteroatoms. The molecule has 2 aromatic heterocycles. The lowest BCUT2D eigenvalue weighted by atomic mass is 10.2. The summed E-state index contributed by atoms with van der Waals surface area (Å²) in [6.07, 6.45) is 0.780. The first-order chi connectivity index (χ1) is 10.2. The number of hydrogen-bond donors (Lipinski definition) is 2. The van der Waals surface area contributed by atoms with Gasteiger partial charge in [0.2, 0.25) is 0 Å². The minimum absolute atomic E-state index is 0.224. The number of anilines is 1. The summed E-state index contributed by atoms with van der Waals surface area (Å²) in [6.45, 7) is 0.537. The molecule has 0 aliphatic carbocycles. The molecule has 3 N–H and O–H groups in total. The fourth-order valence-corrected chi connectivity index (χ4v) is 3.89. The monoisotopic (exact) mass is 320 g/mol. The third-order valence-electron chi connectivity index (χ3n) is 3.14. The number of carbonyl (C=O) groups excluding carboxylic acids is 1. The third-order valence-corrected chi connectivity index (χ3v) is 5.25. The maximum atomic E-state index is 13.8. The van der Waals surface area contributed by atoms with Crippen LogP contribution in [0.2, 0.25) is 0 Å². The average molecular weight is 320 g/mol. The highest BCUT2D eigenvalue weighted by Crippen LogP contribution is 2.35. The zero-order valence-corrected chi connectivity index (χ0v) is 12.7. The van der Waals surface area contributed by atoms with Crippen molar-refractivity contribution < 1.29 is 9.18 Å². The van der Waals surface area contributed by atoms with Gasteiger partial charge in [-0.05, 0) is 30.0 Å². The summed E-state index contributed by atoms with van der Waals surface area (Å²) in [5.41, 5.74) is 6.14. The molecule has 0 radical (unpaired) electrons. The normalized spacial score (nSPS) is 10.9. The van der Waals surface area contributed by atoms with Gasteiger partial charge in [-0.2, -0.15) is 0 Å². The Morgan fingerprint density at radius 1 is 1.29 bits per heavy atom. The van der Waals surface area contributed by atoms with Gasteiger partial charge in [0.25, 0.3) is 5.91 Å². The summed E-state index contributed by atoms with van der Waals surface area (Å²) in [6, 6.07) is 8.74. The Balaban J connectivity index is 1.75. The molecule has 0 spiro atoms. The van der Waals surface area contributed by atoms with Crippen molar-refractivity contribution in [1.82, 2.24) is 5.32 Å². The van der Waals surface area contributed by atoms with E-state index in [9.17, 15) is 9.18 Å². The summed E-state index contributed by atoms with van der Waals surface area (Å²) in [4.78, 5) is 13.8. The van der Waals surface area contributed by atoms with Crippen molar-refractivity contribution >= 4 is 44.4 Å². The van der Waals surface area contributed by atoms with Crippen LogP contribution >= 0.6 is 22.7 Å². The first kappa shape index (κ1) is 14.0. The van der Waals surface area contributed by atoms with Crippen molar-refractivity contribution in [2.24, 2.45) is 0 Å². The summed E-state index contributed by atoms with van der Waals surface area (Å²) >= 11 is 2.88. The van der Waals surface area contributed by atoms with Crippen molar-refractivity contribution in [3.8, 4) is 0 Å². The lowest BCUT2D eigenvalue weighted by Gasteiger charge is -2.03. The van der Waals surface area contributed by atoms with Crippen LogP contribution in [0.5, 0.6) is 0 Å². The lowest BCUT2D eigenvalue weighted by molar-refractivity contribution is 0.0959. The maximum Gasteiger partial charge on any atom is 0.263 e. The van der Waals surface area contributed by atoms with Crippen molar-refractivity contribution in [3.63, 3.8) is 0 Å². The van der Waals surface area contributed by atoms with Crippen LogP contribution in [0.4, 0.5) is 10.1 Å². The lowest BCUT2D eigenvalue weighted by Crippen LogP contribution is -2.25. The highest BCUT2D eigenvalue weighted by atomic mass is 32.1. The number of benzene rings is 1. The van der Waals surface area contributed by atoms with Crippen LogP contribution in [0.1, 0.15) is 14.5 Å². The first-order valence-electron chi connectivity index (χ1n) is 6.44. The molecule has 0 aliphatic rings. The second-order valence-corrected chi connectivity index (χ2v) is 6.63. The second-order valence-electron chi connectivity index (χ2n) is 4.54. The minimum Gasteiger partial charge on any atom is -0.397 e. The number of thiophene rings is 2. The Bertz CT molecular complexity index is 780. The zero-order valence-electron chi connectivity index (χ0n) is 11.1. The molecule has 0 unspecified atom stereocenters. The van der Waals surface area contributed by atoms with E-state index in [4.69, 9.17) is 5.73 Å². The van der Waals surface area contributed by atoms with Crippen LogP contribution in [0.25, 0.3) is 10.1 Å². The van der Waals surface area contributed by atoms with Crippen LogP contribution in [0, 0.1) is 5.82 Å². The van der Waals surface area contributed by atoms with E-state index in [2.05, 4.69) is 5.32 Å². The van der Waals surface area contributed by atoms with E-state index in [0.29, 0.717) is 21.5 Å². The van der Waals surface area contributed by atoms with Crippen LogP contribution < -0.4 is 11.1 Å². The molecular weight excluding hydrogens is 307 g/mol. The van der Waals surface area contributed by atoms with Crippen molar-refractivity contribution in [1.29, 1.82) is 0 Å². The summed E-state index contributed by atoms with van der Waals surface area (Å²) < 4.78 is 14.4. The van der Waals surface area contributed by atoms with Crippen molar-refractivity contribution in [2.75, 3.05) is 12.3 Å². The molecule has 2 heterocycles. The maximum absolute atomic E-state index is 13.8. The molecule has 108 valence electrons. The van der Waals surface area contributed by atoms with Gasteiger partial charge in [0.1, 0.15) is 10.7 Å². The summed E-state index contributed by atoms with van der Waals surface area (Å²) in [5.74, 6) is -0.636. The highest BCUT2D eigenvalue weighted by Gasteiger charge is 2.18. The smallest absolute Gasteiger partial charge is 0.263 e. The molecule has 0 bridgehead atoms. The number of amides is 1. The number of nitrogens with one attached hydrogen (secondary N) is 1. The van der Waals surface area contributed by atoms with E-state index < -0.39 is 0 Å². The van der Waals surface area contributed by atoms with Gasteiger partial charge in [0.15, 0.2) is 0 Å². The summed E-state index contributed by atoms with van der Waals surface area (Å²) in [7, 11) is 0. The van der Waals surface area contributed by atoms with E-state index in [1.54, 1.807) is 23.5 Å². The molecule has 1 amide bonds. The van der Waals surface area contributed by atoms with E-state index in [-0.39, 0.29) is 17.4 Å². The van der Waals surface area contributed by atoms with Gasteiger partial charge in [-0.1, -0.05) is 12.1 Å². The largest absolute Gasteiger partial charge is 0.397 e. The van der Waals surface area contributed by atoms with Crippen LogP contribution in [-0.2, 0) is 6.42 Å². The topological polar surface area (TPSA) is 55.1 Å². The van der Waals surface area contributed by atoms with E-state index in [0.717, 1.165) is 6.42 Å². The van der Waals surface area contributed by atoms with Crippen molar-refractivity contribution in [2.45, 2.75) is 6.42 Å². The third kappa shape index (κ3) is 2.77. The van der Waals surface area contributed by atoms with Gasteiger partial charge in [-0.15, -0.1) is 22.7 Å². The van der Waals surface area contributed by atoms with Gasteiger partial charge in [-0.25, -0.2) is 4.39 Å². The van der Waals surface area contributed by atoms with Crippen LogP contribution in [0.3, 0.4) is 0 Å². The van der Waals surface area contributed by atoms with Crippen LogP contribution in [-0.4, -0.2) is 12.5 Å². The Morgan fingerprint density at radius 2 is 2.14 bits per heavy atom. The predicted molar refractivity (Wildman–Crippen MR) is 86.6 cm³/mol. The molecular formula is C15H13FN2OS2. The zero-order chi connectivity index (χ0) is 14.8. The molecule has 3 aromatic rings. The Kier molecular flexibility index (Phi) is 3.90.